The minimum absolute atomic E-state index is 0.218. The van der Waals surface area contributed by atoms with Crippen molar-refractivity contribution in [3.05, 3.63) is 59.4 Å². The molecule has 19 heavy (non-hydrogen) atoms. The van der Waals surface area contributed by atoms with Crippen molar-refractivity contribution >= 4 is 0 Å². The molecule has 2 N–H and O–H groups in total. The van der Waals surface area contributed by atoms with Crippen LogP contribution in [0, 0.1) is 5.82 Å². The molecule has 3 heteroatoms. The monoisotopic (exact) mass is 257 g/mol. The van der Waals surface area contributed by atoms with E-state index < -0.39 is 0 Å². The molecule has 98 valence electrons. The summed E-state index contributed by atoms with van der Waals surface area (Å²) in [5.74, 6) is 0.0359. The van der Waals surface area contributed by atoms with Crippen LogP contribution in [0.4, 0.5) is 4.39 Å². The molecule has 1 heterocycles. The van der Waals surface area contributed by atoms with E-state index >= 15 is 0 Å². The highest BCUT2D eigenvalue weighted by Crippen LogP contribution is 2.33. The van der Waals surface area contributed by atoms with Crippen molar-refractivity contribution in [3.8, 4) is 11.1 Å². The van der Waals surface area contributed by atoms with Crippen LogP contribution in [-0.2, 0) is 11.3 Å². The van der Waals surface area contributed by atoms with E-state index in [-0.39, 0.29) is 11.7 Å². The van der Waals surface area contributed by atoms with Crippen molar-refractivity contribution in [1.29, 1.82) is 0 Å². The van der Waals surface area contributed by atoms with Crippen LogP contribution in [-0.4, -0.2) is 13.2 Å². The maximum atomic E-state index is 13.0. The van der Waals surface area contributed by atoms with Crippen LogP contribution in [0.15, 0.2) is 42.5 Å². The predicted octanol–water partition coefficient (Wildman–Crippen LogP) is 3.07. The molecule has 1 unspecified atom stereocenters. The molecule has 0 saturated heterocycles. The second-order valence-corrected chi connectivity index (χ2v) is 4.83. The molecule has 2 nitrogen and oxygen atoms in total. The van der Waals surface area contributed by atoms with Crippen LogP contribution >= 0.6 is 0 Å². The highest BCUT2D eigenvalue weighted by molar-refractivity contribution is 5.69. The van der Waals surface area contributed by atoms with E-state index in [9.17, 15) is 4.39 Å². The quantitative estimate of drug-likeness (QED) is 0.897. The third-order valence-corrected chi connectivity index (χ3v) is 3.66. The Morgan fingerprint density at radius 1 is 1.16 bits per heavy atom. The molecule has 0 bridgehead atoms. The van der Waals surface area contributed by atoms with Crippen molar-refractivity contribution in [3.63, 3.8) is 0 Å². The lowest BCUT2D eigenvalue weighted by atomic mass is 9.88. The van der Waals surface area contributed by atoms with E-state index in [2.05, 4.69) is 6.07 Å². The fourth-order valence-corrected chi connectivity index (χ4v) is 2.64. The summed E-state index contributed by atoms with van der Waals surface area (Å²) < 4.78 is 18.6. The maximum Gasteiger partial charge on any atom is 0.123 e. The van der Waals surface area contributed by atoms with Crippen molar-refractivity contribution in [2.24, 2.45) is 5.73 Å². The van der Waals surface area contributed by atoms with Crippen LogP contribution in [0.2, 0.25) is 0 Å². The van der Waals surface area contributed by atoms with E-state index in [4.69, 9.17) is 10.5 Å². The van der Waals surface area contributed by atoms with Crippen LogP contribution < -0.4 is 5.73 Å². The maximum absolute atomic E-state index is 13.0. The Labute approximate surface area is 112 Å². The lowest BCUT2D eigenvalue weighted by Gasteiger charge is -2.26. The molecule has 0 fully saturated rings. The van der Waals surface area contributed by atoms with Gasteiger partial charge in [-0.05, 0) is 34.4 Å². The molecule has 0 radical (unpaired) electrons. The fourth-order valence-electron chi connectivity index (χ4n) is 2.64. The van der Waals surface area contributed by atoms with Crippen molar-refractivity contribution in [2.45, 2.75) is 12.5 Å². The normalized spacial score (nSPS) is 18.1. The van der Waals surface area contributed by atoms with Gasteiger partial charge in [0, 0.05) is 12.5 Å². The first-order valence-corrected chi connectivity index (χ1v) is 6.45. The number of fused-ring (bicyclic) bond motifs is 1. The van der Waals surface area contributed by atoms with Gasteiger partial charge in [-0.15, -0.1) is 0 Å². The van der Waals surface area contributed by atoms with Gasteiger partial charge in [0.2, 0.25) is 0 Å². The summed E-state index contributed by atoms with van der Waals surface area (Å²) >= 11 is 0. The zero-order valence-corrected chi connectivity index (χ0v) is 10.6. The molecule has 0 spiro atoms. The molecule has 3 rings (SSSR count). The van der Waals surface area contributed by atoms with Gasteiger partial charge in [-0.25, -0.2) is 4.39 Å². The second-order valence-electron chi connectivity index (χ2n) is 4.83. The van der Waals surface area contributed by atoms with Crippen molar-refractivity contribution < 1.29 is 9.13 Å². The SMILES string of the molecule is NCC1COCc2c(-c3ccc(F)cc3)cccc21. The Kier molecular flexibility index (Phi) is 3.32. The highest BCUT2D eigenvalue weighted by Gasteiger charge is 2.21. The van der Waals surface area contributed by atoms with E-state index in [0.717, 1.165) is 11.1 Å². The summed E-state index contributed by atoms with van der Waals surface area (Å²) in [6.07, 6.45) is 0. The molecule has 2 aromatic carbocycles. The lowest BCUT2D eigenvalue weighted by Crippen LogP contribution is -2.24. The fraction of sp³-hybridized carbons (Fsp3) is 0.250. The van der Waals surface area contributed by atoms with Crippen LogP contribution in [0.25, 0.3) is 11.1 Å². The molecular weight excluding hydrogens is 241 g/mol. The molecule has 1 aliphatic heterocycles. The third-order valence-electron chi connectivity index (χ3n) is 3.66. The first-order chi connectivity index (χ1) is 9.29. The van der Waals surface area contributed by atoms with Gasteiger partial charge in [0.1, 0.15) is 5.82 Å². The Morgan fingerprint density at radius 3 is 2.68 bits per heavy atom. The summed E-state index contributed by atoms with van der Waals surface area (Å²) in [5, 5.41) is 0. The molecule has 2 aromatic rings. The number of ether oxygens (including phenoxy) is 1. The Hall–Kier alpha value is -1.71. The minimum Gasteiger partial charge on any atom is -0.376 e. The average molecular weight is 257 g/mol. The average Bonchev–Trinajstić information content (AvgIpc) is 2.47. The standard InChI is InChI=1S/C16H16FNO/c17-13-6-4-11(5-7-13)14-2-1-3-15-12(8-18)9-19-10-16(14)15/h1-7,12H,8-10,18H2. The van der Waals surface area contributed by atoms with Gasteiger partial charge in [0.15, 0.2) is 0 Å². The summed E-state index contributed by atoms with van der Waals surface area (Å²) in [6, 6.07) is 12.8. The Bertz CT molecular complexity index is 580. The van der Waals surface area contributed by atoms with E-state index in [1.807, 2.05) is 12.1 Å². The molecule has 0 aromatic heterocycles. The van der Waals surface area contributed by atoms with Gasteiger partial charge in [0.25, 0.3) is 0 Å². The van der Waals surface area contributed by atoms with Gasteiger partial charge >= 0.3 is 0 Å². The molecule has 0 amide bonds. The number of rotatable bonds is 2. The van der Waals surface area contributed by atoms with Crippen molar-refractivity contribution in [1.82, 2.24) is 0 Å². The number of hydrogen-bond acceptors (Lipinski definition) is 2. The Morgan fingerprint density at radius 2 is 1.95 bits per heavy atom. The molecule has 0 aliphatic carbocycles. The summed E-state index contributed by atoms with van der Waals surface area (Å²) in [7, 11) is 0. The smallest absolute Gasteiger partial charge is 0.123 e. The highest BCUT2D eigenvalue weighted by atomic mass is 19.1. The van der Waals surface area contributed by atoms with Crippen LogP contribution in [0.1, 0.15) is 17.0 Å². The van der Waals surface area contributed by atoms with Gasteiger partial charge in [-0.3, -0.25) is 0 Å². The van der Waals surface area contributed by atoms with E-state index in [0.29, 0.717) is 19.8 Å². The molecule has 1 aliphatic rings. The van der Waals surface area contributed by atoms with Gasteiger partial charge in [-0.1, -0.05) is 30.3 Å². The van der Waals surface area contributed by atoms with Gasteiger partial charge in [0.05, 0.1) is 13.2 Å². The van der Waals surface area contributed by atoms with E-state index in [1.54, 1.807) is 12.1 Å². The molecule has 0 saturated carbocycles. The number of nitrogens with two attached hydrogens (primary N) is 1. The predicted molar refractivity (Wildman–Crippen MR) is 73.3 cm³/mol. The lowest BCUT2D eigenvalue weighted by molar-refractivity contribution is 0.0932. The van der Waals surface area contributed by atoms with Crippen LogP contribution in [0.5, 0.6) is 0 Å². The number of benzene rings is 2. The second kappa shape index (κ2) is 5.11. The van der Waals surface area contributed by atoms with E-state index in [1.165, 1.54) is 23.3 Å². The number of halogens is 1. The summed E-state index contributed by atoms with van der Waals surface area (Å²) in [6.45, 7) is 1.86. The number of hydrogen-bond donors (Lipinski definition) is 1. The molecular formula is C16H16FNO. The summed E-state index contributed by atoms with van der Waals surface area (Å²) in [5.41, 5.74) is 10.4. The minimum atomic E-state index is -0.218. The van der Waals surface area contributed by atoms with Crippen LogP contribution in [0.3, 0.4) is 0 Å². The zero-order valence-electron chi connectivity index (χ0n) is 10.6. The topological polar surface area (TPSA) is 35.2 Å². The largest absolute Gasteiger partial charge is 0.376 e. The van der Waals surface area contributed by atoms with Crippen molar-refractivity contribution in [2.75, 3.05) is 13.2 Å². The van der Waals surface area contributed by atoms with Gasteiger partial charge < -0.3 is 10.5 Å². The van der Waals surface area contributed by atoms with Gasteiger partial charge in [-0.2, -0.15) is 0 Å². The summed E-state index contributed by atoms with van der Waals surface area (Å²) in [4.78, 5) is 0. The zero-order chi connectivity index (χ0) is 13.2. The Balaban J connectivity index is 2.10. The first kappa shape index (κ1) is 12.3. The first-order valence-electron chi connectivity index (χ1n) is 6.45. The third kappa shape index (κ3) is 2.27. The molecule has 1 atom stereocenters.